The van der Waals surface area contributed by atoms with Crippen molar-refractivity contribution in [1.82, 2.24) is 0 Å². The molecule has 0 N–H and O–H groups in total. The highest BCUT2D eigenvalue weighted by molar-refractivity contribution is 7.81. The molecule has 0 spiro atoms. The molecule has 0 aliphatic rings. The van der Waals surface area contributed by atoms with E-state index in [0.29, 0.717) is 12.6 Å². The summed E-state index contributed by atoms with van der Waals surface area (Å²) in [5.74, 6) is 0. The largest absolute Gasteiger partial charge is 0.303 e. The highest BCUT2D eigenvalue weighted by Crippen LogP contribution is 1.91. The fourth-order valence-corrected chi connectivity index (χ4v) is 0.240. The van der Waals surface area contributed by atoms with Crippen LogP contribution in [0.5, 0.6) is 0 Å². The first-order valence-electron chi connectivity index (χ1n) is 1.88. The van der Waals surface area contributed by atoms with Gasteiger partial charge >= 0.3 is 0 Å². The molecule has 0 aliphatic heterocycles. The number of hydrogen-bond acceptors (Lipinski definition) is 3. The Hall–Kier alpha value is -0.310. The number of rotatable bonds is 3. The van der Waals surface area contributed by atoms with Gasteiger partial charge in [-0.25, -0.2) is 0 Å². The first-order valence-corrected chi connectivity index (χ1v) is 2.40. The topological polar surface area (TPSA) is 34.1 Å². The zero-order valence-electron chi connectivity index (χ0n) is 3.70. The summed E-state index contributed by atoms with van der Waals surface area (Å²) in [4.78, 5) is 19.2. The van der Waals surface area contributed by atoms with Crippen molar-refractivity contribution in [2.45, 2.75) is 11.7 Å². The van der Waals surface area contributed by atoms with Gasteiger partial charge in [0.1, 0.15) is 12.6 Å². The molecule has 0 aromatic carbocycles. The quantitative estimate of drug-likeness (QED) is 0.420. The molecule has 0 aromatic heterocycles. The van der Waals surface area contributed by atoms with Gasteiger partial charge in [-0.3, -0.25) is 0 Å². The number of aldehydes is 2. The minimum Gasteiger partial charge on any atom is -0.303 e. The molecule has 0 bridgehead atoms. The molecule has 1 atom stereocenters. The molecule has 2 nitrogen and oxygen atoms in total. The predicted octanol–water partition coefficient (Wildman–Crippen LogP) is 0.0727. The van der Waals surface area contributed by atoms with E-state index in [9.17, 15) is 9.59 Å². The van der Waals surface area contributed by atoms with Crippen molar-refractivity contribution in [3.63, 3.8) is 0 Å². The van der Waals surface area contributed by atoms with Crippen LogP contribution in [0.25, 0.3) is 0 Å². The van der Waals surface area contributed by atoms with Gasteiger partial charge < -0.3 is 9.59 Å². The second-order valence-electron chi connectivity index (χ2n) is 1.11. The Labute approximate surface area is 47.3 Å². The molecule has 40 valence electrons. The molecule has 0 heterocycles. The van der Waals surface area contributed by atoms with Crippen LogP contribution in [0.1, 0.15) is 6.42 Å². The third-order valence-electron chi connectivity index (χ3n) is 0.495. The first-order chi connectivity index (χ1) is 3.31. The molecule has 0 radical (unpaired) electrons. The van der Waals surface area contributed by atoms with Gasteiger partial charge in [-0.1, -0.05) is 0 Å². The number of thiol groups is 1. The van der Waals surface area contributed by atoms with E-state index in [4.69, 9.17) is 0 Å². The molecule has 0 aliphatic carbocycles. The molecule has 0 fully saturated rings. The van der Waals surface area contributed by atoms with Crippen molar-refractivity contribution >= 4 is 25.2 Å². The fourth-order valence-electron chi connectivity index (χ4n) is 0.154. The highest BCUT2D eigenvalue weighted by atomic mass is 32.1. The number of carbonyl (C=O) groups is 2. The van der Waals surface area contributed by atoms with Crippen molar-refractivity contribution in [2.24, 2.45) is 0 Å². The van der Waals surface area contributed by atoms with E-state index < -0.39 is 5.25 Å². The lowest BCUT2D eigenvalue weighted by Gasteiger charge is -1.88. The van der Waals surface area contributed by atoms with Crippen LogP contribution >= 0.6 is 12.6 Å². The standard InChI is InChI=1S/C4H6O2S/c5-2-1-4(7)3-6/h2-4,7H,1H2/t4-/m0/s1. The summed E-state index contributed by atoms with van der Waals surface area (Å²) in [7, 11) is 0. The third-order valence-corrected chi connectivity index (χ3v) is 0.827. The maximum Gasteiger partial charge on any atom is 0.133 e. The van der Waals surface area contributed by atoms with Crippen LogP contribution in [0.2, 0.25) is 0 Å². The lowest BCUT2D eigenvalue weighted by atomic mass is 10.4. The summed E-state index contributed by atoms with van der Waals surface area (Å²) in [6, 6.07) is 0. The fraction of sp³-hybridized carbons (Fsp3) is 0.500. The van der Waals surface area contributed by atoms with E-state index in [1.165, 1.54) is 0 Å². The zero-order valence-corrected chi connectivity index (χ0v) is 4.60. The number of carbonyl (C=O) groups excluding carboxylic acids is 2. The van der Waals surface area contributed by atoms with Crippen LogP contribution < -0.4 is 0 Å². The van der Waals surface area contributed by atoms with Gasteiger partial charge in [-0.15, -0.1) is 0 Å². The summed E-state index contributed by atoms with van der Waals surface area (Å²) in [5.41, 5.74) is 0. The molecule has 0 rings (SSSR count). The van der Waals surface area contributed by atoms with Crippen molar-refractivity contribution in [3.8, 4) is 0 Å². The van der Waals surface area contributed by atoms with Crippen LogP contribution in [0.3, 0.4) is 0 Å². The minimum absolute atomic E-state index is 0.215. The number of hydrogen-bond donors (Lipinski definition) is 1. The zero-order chi connectivity index (χ0) is 5.70. The third kappa shape index (κ3) is 3.52. The summed E-state index contributed by atoms with van der Waals surface area (Å²) >= 11 is 3.71. The van der Waals surface area contributed by atoms with E-state index in [0.717, 1.165) is 0 Å². The van der Waals surface area contributed by atoms with E-state index in [2.05, 4.69) is 12.6 Å². The Bertz CT molecular complexity index is 72.1. The normalized spacial score (nSPS) is 12.7. The lowest BCUT2D eigenvalue weighted by molar-refractivity contribution is -0.111. The second kappa shape index (κ2) is 3.87. The van der Waals surface area contributed by atoms with Gasteiger partial charge in [0.05, 0.1) is 5.25 Å². The monoisotopic (exact) mass is 118 g/mol. The highest BCUT2D eigenvalue weighted by Gasteiger charge is 1.94. The average Bonchev–Trinajstić information content (AvgIpc) is 1.68. The van der Waals surface area contributed by atoms with Crippen molar-refractivity contribution in [1.29, 1.82) is 0 Å². The van der Waals surface area contributed by atoms with E-state index in [1.54, 1.807) is 0 Å². The molecule has 7 heavy (non-hydrogen) atoms. The maximum atomic E-state index is 9.66. The van der Waals surface area contributed by atoms with Gasteiger partial charge in [0.2, 0.25) is 0 Å². The maximum absolute atomic E-state index is 9.66. The Morgan fingerprint density at radius 2 is 2.14 bits per heavy atom. The van der Waals surface area contributed by atoms with Gasteiger partial charge in [0.25, 0.3) is 0 Å². The van der Waals surface area contributed by atoms with Crippen molar-refractivity contribution < 1.29 is 9.59 Å². The summed E-state index contributed by atoms with van der Waals surface area (Å²) in [6.45, 7) is 0. The SMILES string of the molecule is O=CC[C@H](S)C=O. The smallest absolute Gasteiger partial charge is 0.133 e. The van der Waals surface area contributed by atoms with Crippen LogP contribution in [0.15, 0.2) is 0 Å². The minimum atomic E-state index is -0.405. The van der Waals surface area contributed by atoms with Gasteiger partial charge in [-0.2, -0.15) is 12.6 Å². The molecule has 3 heteroatoms. The molecular formula is C4H6O2S. The summed E-state index contributed by atoms with van der Waals surface area (Å²) < 4.78 is 0. The van der Waals surface area contributed by atoms with E-state index in [1.807, 2.05) is 0 Å². The van der Waals surface area contributed by atoms with Crippen LogP contribution in [0.4, 0.5) is 0 Å². The molecule has 0 saturated carbocycles. The average molecular weight is 118 g/mol. The Morgan fingerprint density at radius 3 is 2.29 bits per heavy atom. The van der Waals surface area contributed by atoms with Crippen molar-refractivity contribution in [3.05, 3.63) is 0 Å². The molecule has 0 aromatic rings. The second-order valence-corrected chi connectivity index (χ2v) is 1.77. The Kier molecular flexibility index (Phi) is 3.69. The van der Waals surface area contributed by atoms with Crippen molar-refractivity contribution in [2.75, 3.05) is 0 Å². The van der Waals surface area contributed by atoms with E-state index >= 15 is 0 Å². The lowest BCUT2D eigenvalue weighted by Crippen LogP contribution is -1.98. The van der Waals surface area contributed by atoms with Crippen LogP contribution in [-0.2, 0) is 9.59 Å². The molecule has 0 saturated heterocycles. The summed E-state index contributed by atoms with van der Waals surface area (Å²) in [5, 5.41) is -0.405. The van der Waals surface area contributed by atoms with E-state index in [-0.39, 0.29) is 6.42 Å². The van der Waals surface area contributed by atoms with Gasteiger partial charge in [0.15, 0.2) is 0 Å². The Morgan fingerprint density at radius 1 is 1.57 bits per heavy atom. The van der Waals surface area contributed by atoms with Crippen LogP contribution in [0, 0.1) is 0 Å². The van der Waals surface area contributed by atoms with Gasteiger partial charge in [0, 0.05) is 6.42 Å². The molecule has 0 amide bonds. The predicted molar refractivity (Wildman–Crippen MR) is 29.5 cm³/mol. The van der Waals surface area contributed by atoms with Gasteiger partial charge in [-0.05, 0) is 0 Å². The molecule has 0 unspecified atom stereocenters. The summed E-state index contributed by atoms with van der Waals surface area (Å²) in [6.07, 6.45) is 1.52. The first kappa shape index (κ1) is 6.69. The van der Waals surface area contributed by atoms with Crippen LogP contribution in [-0.4, -0.2) is 17.8 Å². The molecular weight excluding hydrogens is 112 g/mol. The Balaban J connectivity index is 3.15.